The van der Waals surface area contributed by atoms with E-state index in [2.05, 4.69) is 30.1 Å². The zero-order valence-corrected chi connectivity index (χ0v) is 13.6. The number of halogens is 1. The third-order valence-electron chi connectivity index (χ3n) is 4.44. The number of H-pyrrole nitrogens is 1. The lowest BCUT2D eigenvalue weighted by Crippen LogP contribution is -2.13. The minimum Gasteiger partial charge on any atom is -0.352 e. The highest BCUT2D eigenvalue weighted by atomic mass is 35.5. The smallest absolute Gasteiger partial charge is 0.205 e. The molecule has 0 atom stereocenters. The highest BCUT2D eigenvalue weighted by molar-refractivity contribution is 6.30. The highest BCUT2D eigenvalue weighted by Crippen LogP contribution is 2.32. The molecule has 0 saturated carbocycles. The Kier molecular flexibility index (Phi) is 3.35. The molecule has 3 heteroatoms. The average Bonchev–Trinajstić information content (AvgIpc) is 2.91. The monoisotopic (exact) mass is 321 g/mol. The summed E-state index contributed by atoms with van der Waals surface area (Å²) in [4.78, 5) is 16.1. The molecule has 2 aromatic carbocycles. The number of ketones is 1. The van der Waals surface area contributed by atoms with E-state index in [-0.39, 0.29) is 5.78 Å². The third kappa shape index (κ3) is 2.49. The standard InChI is InChI=1S/C20H16ClNO/c1-12-2-9-18-17(10-12)16-8-5-14(20(23)19(16)22-18)11-13-3-6-15(21)7-4-13/h2-4,6-7,9-11,22H,5,8H2,1H3. The molecule has 0 fully saturated rings. The number of rotatable bonds is 1. The number of hydrogen-bond acceptors (Lipinski definition) is 1. The van der Waals surface area contributed by atoms with Crippen LogP contribution in [0.3, 0.4) is 0 Å². The number of allylic oxidation sites excluding steroid dienone is 1. The number of hydrogen-bond donors (Lipinski definition) is 1. The molecule has 0 spiro atoms. The predicted molar refractivity (Wildman–Crippen MR) is 95.1 cm³/mol. The fourth-order valence-electron chi connectivity index (χ4n) is 3.25. The van der Waals surface area contributed by atoms with E-state index in [1.165, 1.54) is 10.9 Å². The summed E-state index contributed by atoms with van der Waals surface area (Å²) in [7, 11) is 0. The van der Waals surface area contributed by atoms with E-state index < -0.39 is 0 Å². The normalized spacial score (nSPS) is 16.1. The van der Waals surface area contributed by atoms with Crippen molar-refractivity contribution in [2.24, 2.45) is 0 Å². The number of carbonyl (C=O) groups excluding carboxylic acids is 1. The Morgan fingerprint density at radius 2 is 1.87 bits per heavy atom. The Labute approximate surface area is 139 Å². The van der Waals surface area contributed by atoms with Crippen LogP contribution < -0.4 is 0 Å². The van der Waals surface area contributed by atoms with Crippen LogP contribution in [0.1, 0.15) is 33.6 Å². The van der Waals surface area contributed by atoms with Crippen LogP contribution in [0.2, 0.25) is 5.02 Å². The van der Waals surface area contributed by atoms with E-state index in [1.807, 2.05) is 30.3 Å². The summed E-state index contributed by atoms with van der Waals surface area (Å²) in [6.45, 7) is 2.08. The molecule has 1 N–H and O–H groups in total. The van der Waals surface area contributed by atoms with Crippen LogP contribution in [0, 0.1) is 6.92 Å². The van der Waals surface area contributed by atoms with Crippen molar-refractivity contribution in [2.45, 2.75) is 19.8 Å². The highest BCUT2D eigenvalue weighted by Gasteiger charge is 2.25. The van der Waals surface area contributed by atoms with Gasteiger partial charge < -0.3 is 4.98 Å². The fourth-order valence-corrected chi connectivity index (χ4v) is 3.37. The lowest BCUT2D eigenvalue weighted by molar-refractivity contribution is 0.102. The zero-order valence-electron chi connectivity index (χ0n) is 12.8. The summed E-state index contributed by atoms with van der Waals surface area (Å²) >= 11 is 5.92. The Morgan fingerprint density at radius 1 is 1.09 bits per heavy atom. The van der Waals surface area contributed by atoms with Gasteiger partial charge >= 0.3 is 0 Å². The Hall–Kier alpha value is -2.32. The molecule has 1 aromatic heterocycles. The van der Waals surface area contributed by atoms with Gasteiger partial charge in [0.2, 0.25) is 5.78 Å². The Morgan fingerprint density at radius 3 is 2.65 bits per heavy atom. The molecule has 0 amide bonds. The number of fused-ring (bicyclic) bond motifs is 3. The lowest BCUT2D eigenvalue weighted by Gasteiger charge is -2.14. The predicted octanol–water partition coefficient (Wildman–Crippen LogP) is 5.34. The largest absolute Gasteiger partial charge is 0.352 e. The molecule has 1 heterocycles. The molecule has 23 heavy (non-hydrogen) atoms. The summed E-state index contributed by atoms with van der Waals surface area (Å²) < 4.78 is 0. The minimum absolute atomic E-state index is 0.107. The number of nitrogens with one attached hydrogen (secondary N) is 1. The van der Waals surface area contributed by atoms with Gasteiger partial charge in [-0.05, 0) is 61.2 Å². The third-order valence-corrected chi connectivity index (χ3v) is 4.69. The molecule has 0 saturated heterocycles. The Bertz CT molecular complexity index is 948. The molecule has 1 aliphatic carbocycles. The number of carbonyl (C=O) groups is 1. The lowest BCUT2D eigenvalue weighted by atomic mass is 9.89. The van der Waals surface area contributed by atoms with Gasteiger partial charge in [0.05, 0.1) is 5.69 Å². The fraction of sp³-hybridized carbons (Fsp3) is 0.150. The molecule has 4 rings (SSSR count). The maximum atomic E-state index is 12.8. The quantitative estimate of drug-likeness (QED) is 0.603. The van der Waals surface area contributed by atoms with Gasteiger partial charge in [-0.15, -0.1) is 0 Å². The maximum Gasteiger partial charge on any atom is 0.205 e. The number of Topliss-reactive ketones (excluding diaryl/α,β-unsaturated/α-hetero) is 1. The first-order chi connectivity index (χ1) is 11.1. The molecule has 3 aromatic rings. The van der Waals surface area contributed by atoms with Gasteiger partial charge in [-0.3, -0.25) is 4.79 Å². The molecule has 0 radical (unpaired) electrons. The van der Waals surface area contributed by atoms with Crippen LogP contribution in [0.5, 0.6) is 0 Å². The van der Waals surface area contributed by atoms with Crippen LogP contribution in [-0.4, -0.2) is 10.8 Å². The van der Waals surface area contributed by atoms with Crippen LogP contribution in [0.15, 0.2) is 48.0 Å². The summed E-state index contributed by atoms with van der Waals surface area (Å²) in [6.07, 6.45) is 3.64. The van der Waals surface area contributed by atoms with Crippen molar-refractivity contribution in [3.63, 3.8) is 0 Å². The van der Waals surface area contributed by atoms with Gasteiger partial charge in [0.1, 0.15) is 0 Å². The van der Waals surface area contributed by atoms with Crippen LogP contribution in [0.4, 0.5) is 0 Å². The van der Waals surface area contributed by atoms with Gasteiger partial charge in [0, 0.05) is 21.5 Å². The van der Waals surface area contributed by atoms with E-state index >= 15 is 0 Å². The summed E-state index contributed by atoms with van der Waals surface area (Å²) in [5.41, 5.74) is 6.02. The summed E-state index contributed by atoms with van der Waals surface area (Å²) in [6, 6.07) is 13.8. The number of aromatic nitrogens is 1. The van der Waals surface area contributed by atoms with Crippen molar-refractivity contribution in [1.82, 2.24) is 4.98 Å². The van der Waals surface area contributed by atoms with Crippen molar-refractivity contribution >= 4 is 34.4 Å². The number of benzene rings is 2. The molecule has 1 aliphatic rings. The molecular weight excluding hydrogens is 306 g/mol. The van der Waals surface area contributed by atoms with E-state index in [1.54, 1.807) is 0 Å². The van der Waals surface area contributed by atoms with Gasteiger partial charge in [-0.25, -0.2) is 0 Å². The first-order valence-electron chi connectivity index (χ1n) is 7.74. The van der Waals surface area contributed by atoms with Crippen LogP contribution in [-0.2, 0) is 6.42 Å². The summed E-state index contributed by atoms with van der Waals surface area (Å²) in [5.74, 6) is 0.107. The van der Waals surface area contributed by atoms with E-state index in [4.69, 9.17) is 11.6 Å². The minimum atomic E-state index is 0.107. The van der Waals surface area contributed by atoms with Gasteiger partial charge in [-0.1, -0.05) is 35.4 Å². The SMILES string of the molecule is Cc1ccc2[nH]c3c(c2c1)CCC(=Cc1ccc(Cl)cc1)C3=O. The van der Waals surface area contributed by atoms with Crippen molar-refractivity contribution in [3.05, 3.63) is 75.4 Å². The average molecular weight is 322 g/mol. The summed E-state index contributed by atoms with van der Waals surface area (Å²) in [5, 5.41) is 1.88. The Balaban J connectivity index is 1.77. The zero-order chi connectivity index (χ0) is 16.0. The molecule has 0 unspecified atom stereocenters. The molecular formula is C20H16ClNO. The topological polar surface area (TPSA) is 32.9 Å². The maximum absolute atomic E-state index is 12.8. The number of aryl methyl sites for hydroxylation is 2. The molecule has 2 nitrogen and oxygen atoms in total. The van der Waals surface area contributed by atoms with Crippen molar-refractivity contribution in [3.8, 4) is 0 Å². The first kappa shape index (κ1) is 14.3. The van der Waals surface area contributed by atoms with Gasteiger partial charge in [0.15, 0.2) is 0 Å². The van der Waals surface area contributed by atoms with Crippen LogP contribution in [0.25, 0.3) is 17.0 Å². The number of aromatic amines is 1. The first-order valence-corrected chi connectivity index (χ1v) is 8.11. The van der Waals surface area contributed by atoms with Crippen molar-refractivity contribution in [2.75, 3.05) is 0 Å². The van der Waals surface area contributed by atoms with Gasteiger partial charge in [0.25, 0.3) is 0 Å². The van der Waals surface area contributed by atoms with Crippen LogP contribution >= 0.6 is 11.6 Å². The van der Waals surface area contributed by atoms with Gasteiger partial charge in [-0.2, -0.15) is 0 Å². The second-order valence-electron chi connectivity index (χ2n) is 6.08. The van der Waals surface area contributed by atoms with E-state index in [0.717, 1.165) is 40.8 Å². The molecule has 0 aliphatic heterocycles. The van der Waals surface area contributed by atoms with Crippen molar-refractivity contribution < 1.29 is 4.79 Å². The second kappa shape index (κ2) is 5.39. The molecule has 114 valence electrons. The van der Waals surface area contributed by atoms with E-state index in [9.17, 15) is 4.79 Å². The van der Waals surface area contributed by atoms with Crippen molar-refractivity contribution in [1.29, 1.82) is 0 Å². The molecule has 0 bridgehead atoms. The van der Waals surface area contributed by atoms with E-state index in [0.29, 0.717) is 5.02 Å². The second-order valence-corrected chi connectivity index (χ2v) is 6.51.